The van der Waals surface area contributed by atoms with Crippen LogP contribution in [0.25, 0.3) is 6.08 Å². The lowest BCUT2D eigenvalue weighted by Gasteiger charge is -2.36. The smallest absolute Gasteiger partial charge is 0.332 e. The third kappa shape index (κ3) is 5.31. The Morgan fingerprint density at radius 3 is 2.30 bits per heavy atom. The summed E-state index contributed by atoms with van der Waals surface area (Å²) >= 11 is 0. The molecule has 0 spiro atoms. The van der Waals surface area contributed by atoms with Crippen molar-refractivity contribution in [1.82, 2.24) is 0 Å². The third-order valence-electron chi connectivity index (χ3n) is 5.02. The zero-order valence-electron chi connectivity index (χ0n) is 16.1. The van der Waals surface area contributed by atoms with Gasteiger partial charge in [0.05, 0.1) is 0 Å². The van der Waals surface area contributed by atoms with Gasteiger partial charge < -0.3 is 4.74 Å². The van der Waals surface area contributed by atoms with Gasteiger partial charge in [-0.15, -0.1) is 0 Å². The molecule has 0 amide bonds. The van der Waals surface area contributed by atoms with Crippen LogP contribution in [0.15, 0.2) is 66.7 Å². The molecule has 3 nitrogen and oxygen atoms in total. The summed E-state index contributed by atoms with van der Waals surface area (Å²) in [4.78, 5) is 12.4. The van der Waals surface area contributed by atoms with Crippen molar-refractivity contribution >= 4 is 12.0 Å². The average molecular weight is 361 g/mol. The number of unbranched alkanes of at least 4 members (excludes halogenated alkanes) is 1. The van der Waals surface area contributed by atoms with E-state index >= 15 is 0 Å². The van der Waals surface area contributed by atoms with E-state index in [9.17, 15) is 10.1 Å². The number of esters is 1. The SMILES string of the molecule is CCCCC(CC)(c1ccccc1)C(C#N)OC(=O)C=Cc1ccccc1. The summed E-state index contributed by atoms with van der Waals surface area (Å²) in [6, 6.07) is 21.8. The fourth-order valence-electron chi connectivity index (χ4n) is 3.40. The van der Waals surface area contributed by atoms with Gasteiger partial charge in [-0.1, -0.05) is 87.4 Å². The topological polar surface area (TPSA) is 50.1 Å². The molecule has 2 aromatic rings. The lowest BCUT2D eigenvalue weighted by molar-refractivity contribution is -0.143. The predicted molar refractivity (Wildman–Crippen MR) is 109 cm³/mol. The molecule has 0 aromatic heterocycles. The molecule has 2 aromatic carbocycles. The van der Waals surface area contributed by atoms with Crippen LogP contribution in [0.3, 0.4) is 0 Å². The number of nitriles is 1. The number of hydrogen-bond acceptors (Lipinski definition) is 3. The Kier molecular flexibility index (Phi) is 7.82. The fraction of sp³-hybridized carbons (Fsp3) is 0.333. The summed E-state index contributed by atoms with van der Waals surface area (Å²) in [5, 5.41) is 9.84. The minimum atomic E-state index is -0.829. The molecule has 0 aliphatic carbocycles. The highest BCUT2D eigenvalue weighted by Crippen LogP contribution is 2.38. The van der Waals surface area contributed by atoms with E-state index < -0.39 is 17.5 Å². The average Bonchev–Trinajstić information content (AvgIpc) is 2.73. The van der Waals surface area contributed by atoms with Crippen LogP contribution in [-0.4, -0.2) is 12.1 Å². The molecule has 0 radical (unpaired) electrons. The normalized spacial score (nSPS) is 14.3. The zero-order valence-corrected chi connectivity index (χ0v) is 16.1. The van der Waals surface area contributed by atoms with E-state index in [1.165, 1.54) is 6.08 Å². The van der Waals surface area contributed by atoms with E-state index in [0.717, 1.165) is 36.8 Å². The van der Waals surface area contributed by atoms with Crippen molar-refractivity contribution < 1.29 is 9.53 Å². The van der Waals surface area contributed by atoms with Crippen LogP contribution in [0.1, 0.15) is 50.7 Å². The summed E-state index contributed by atoms with van der Waals surface area (Å²) in [6.07, 6.45) is 5.80. The Morgan fingerprint density at radius 2 is 1.74 bits per heavy atom. The van der Waals surface area contributed by atoms with Crippen LogP contribution in [0.4, 0.5) is 0 Å². The highest BCUT2D eigenvalue weighted by atomic mass is 16.5. The second-order valence-corrected chi connectivity index (χ2v) is 6.67. The van der Waals surface area contributed by atoms with Gasteiger partial charge in [0.25, 0.3) is 0 Å². The van der Waals surface area contributed by atoms with E-state index in [-0.39, 0.29) is 0 Å². The Bertz CT molecular complexity index is 777. The van der Waals surface area contributed by atoms with Crippen LogP contribution in [0.5, 0.6) is 0 Å². The summed E-state index contributed by atoms with van der Waals surface area (Å²) in [7, 11) is 0. The summed E-state index contributed by atoms with van der Waals surface area (Å²) in [5.74, 6) is -0.490. The van der Waals surface area contributed by atoms with Gasteiger partial charge in [-0.2, -0.15) is 5.26 Å². The molecule has 0 aliphatic heterocycles. The molecule has 2 unspecified atom stereocenters. The molecule has 0 bridgehead atoms. The molecule has 0 saturated carbocycles. The van der Waals surface area contributed by atoms with Gasteiger partial charge in [0, 0.05) is 11.5 Å². The lowest BCUT2D eigenvalue weighted by atomic mass is 9.70. The first-order chi connectivity index (χ1) is 13.2. The number of rotatable bonds is 9. The highest BCUT2D eigenvalue weighted by molar-refractivity contribution is 5.87. The van der Waals surface area contributed by atoms with Crippen LogP contribution in [0.2, 0.25) is 0 Å². The molecular formula is C24H27NO2. The van der Waals surface area contributed by atoms with Crippen LogP contribution in [-0.2, 0) is 14.9 Å². The summed E-state index contributed by atoms with van der Waals surface area (Å²) in [5.41, 5.74) is 1.47. The molecule has 2 atom stereocenters. The number of nitrogens with zero attached hydrogens (tertiary/aromatic N) is 1. The van der Waals surface area contributed by atoms with Crippen molar-refractivity contribution in [3.05, 3.63) is 77.9 Å². The third-order valence-corrected chi connectivity index (χ3v) is 5.02. The summed E-state index contributed by atoms with van der Waals surface area (Å²) in [6.45, 7) is 4.18. The maximum atomic E-state index is 12.4. The van der Waals surface area contributed by atoms with Crippen LogP contribution < -0.4 is 0 Å². The van der Waals surface area contributed by atoms with Crippen molar-refractivity contribution in [3.63, 3.8) is 0 Å². The van der Waals surface area contributed by atoms with E-state index in [4.69, 9.17) is 4.74 Å². The van der Waals surface area contributed by atoms with E-state index in [0.29, 0.717) is 0 Å². The van der Waals surface area contributed by atoms with Crippen LogP contribution >= 0.6 is 0 Å². The zero-order chi connectivity index (χ0) is 19.5. The second kappa shape index (κ2) is 10.3. The minimum Gasteiger partial charge on any atom is -0.443 e. The van der Waals surface area contributed by atoms with Gasteiger partial charge in [0.2, 0.25) is 0 Å². The molecule has 0 N–H and O–H groups in total. The molecule has 140 valence electrons. The molecule has 0 fully saturated rings. The number of benzene rings is 2. The Labute approximate surface area is 162 Å². The number of hydrogen-bond donors (Lipinski definition) is 0. The van der Waals surface area contributed by atoms with Crippen molar-refractivity contribution in [2.45, 2.75) is 51.0 Å². The fourth-order valence-corrected chi connectivity index (χ4v) is 3.40. The van der Waals surface area contributed by atoms with Gasteiger partial charge in [0.1, 0.15) is 6.07 Å². The Morgan fingerprint density at radius 1 is 1.11 bits per heavy atom. The summed E-state index contributed by atoms with van der Waals surface area (Å²) < 4.78 is 5.64. The Hall–Kier alpha value is -2.86. The quantitative estimate of drug-likeness (QED) is 0.427. The molecule has 0 saturated heterocycles. The number of ether oxygens (including phenoxy) is 1. The lowest BCUT2D eigenvalue weighted by Crippen LogP contribution is -2.41. The standard InChI is InChI=1S/C24H27NO2/c1-3-5-18-24(4-2,21-14-10-7-11-15-21)22(19-25)27-23(26)17-16-20-12-8-6-9-13-20/h6-17,22H,3-5,18H2,1-2H3. The van der Waals surface area contributed by atoms with Gasteiger partial charge >= 0.3 is 5.97 Å². The first-order valence-corrected chi connectivity index (χ1v) is 9.55. The van der Waals surface area contributed by atoms with Crippen molar-refractivity contribution in [2.75, 3.05) is 0 Å². The van der Waals surface area contributed by atoms with E-state index in [1.54, 1.807) is 6.08 Å². The van der Waals surface area contributed by atoms with Gasteiger partial charge in [-0.05, 0) is 30.0 Å². The molecule has 2 rings (SSSR count). The number of carbonyl (C=O) groups excluding carboxylic acids is 1. The van der Waals surface area contributed by atoms with Crippen molar-refractivity contribution in [3.8, 4) is 6.07 Å². The predicted octanol–water partition coefficient (Wildman–Crippen LogP) is 5.67. The Balaban J connectivity index is 2.25. The molecule has 3 heteroatoms. The minimum absolute atomic E-state index is 0.490. The largest absolute Gasteiger partial charge is 0.443 e. The van der Waals surface area contributed by atoms with E-state index in [2.05, 4.69) is 19.9 Å². The first-order valence-electron chi connectivity index (χ1n) is 9.55. The van der Waals surface area contributed by atoms with Crippen molar-refractivity contribution in [2.24, 2.45) is 0 Å². The highest BCUT2D eigenvalue weighted by Gasteiger charge is 2.41. The first kappa shape index (κ1) is 20.5. The molecule has 27 heavy (non-hydrogen) atoms. The molecule has 0 heterocycles. The van der Waals surface area contributed by atoms with Gasteiger partial charge in [-0.3, -0.25) is 0 Å². The molecular weight excluding hydrogens is 334 g/mol. The van der Waals surface area contributed by atoms with Crippen molar-refractivity contribution in [1.29, 1.82) is 5.26 Å². The van der Waals surface area contributed by atoms with Gasteiger partial charge in [0.15, 0.2) is 6.10 Å². The van der Waals surface area contributed by atoms with Crippen LogP contribution in [0, 0.1) is 11.3 Å². The van der Waals surface area contributed by atoms with E-state index in [1.807, 2.05) is 60.7 Å². The van der Waals surface area contributed by atoms with Gasteiger partial charge in [-0.25, -0.2) is 4.79 Å². The maximum Gasteiger partial charge on any atom is 0.332 e. The molecule has 0 aliphatic rings. The number of carbonyl (C=O) groups is 1. The second-order valence-electron chi connectivity index (χ2n) is 6.67. The maximum absolute atomic E-state index is 12.4. The monoisotopic (exact) mass is 361 g/mol.